The van der Waals surface area contributed by atoms with Crippen LogP contribution in [0.2, 0.25) is 5.02 Å². The Kier molecular flexibility index (Phi) is 3.98. The van der Waals surface area contributed by atoms with E-state index in [9.17, 15) is 9.90 Å². The Balaban J connectivity index is 1.84. The van der Waals surface area contributed by atoms with Gasteiger partial charge in [-0.3, -0.25) is 4.79 Å². The van der Waals surface area contributed by atoms with Gasteiger partial charge in [0.05, 0.1) is 17.9 Å². The number of rotatable bonds is 3. The minimum absolute atomic E-state index is 0.0850. The SMILES string of the molecule is Cc1cc(Cl)cc(O)c1-c1ccc(CN2CCCC2=O)nn1. The molecule has 2 heterocycles. The van der Waals surface area contributed by atoms with Crippen molar-refractivity contribution >= 4 is 17.5 Å². The molecule has 1 aliphatic heterocycles. The zero-order chi connectivity index (χ0) is 15.7. The Morgan fingerprint density at radius 2 is 2.14 bits per heavy atom. The molecule has 0 unspecified atom stereocenters. The second-order valence-corrected chi connectivity index (χ2v) is 5.88. The predicted octanol–water partition coefficient (Wildman–Crippen LogP) is 2.93. The first-order chi connectivity index (χ1) is 10.5. The van der Waals surface area contributed by atoms with Gasteiger partial charge < -0.3 is 10.0 Å². The van der Waals surface area contributed by atoms with E-state index in [1.54, 1.807) is 17.0 Å². The van der Waals surface area contributed by atoms with Gasteiger partial charge in [0.2, 0.25) is 5.91 Å². The van der Waals surface area contributed by atoms with Crippen LogP contribution in [0.25, 0.3) is 11.3 Å². The first-order valence-electron chi connectivity index (χ1n) is 7.14. The number of halogens is 1. The number of amides is 1. The Morgan fingerprint density at radius 3 is 2.73 bits per heavy atom. The second-order valence-electron chi connectivity index (χ2n) is 5.45. The Labute approximate surface area is 133 Å². The molecule has 0 saturated carbocycles. The molecule has 0 bridgehead atoms. The van der Waals surface area contributed by atoms with E-state index in [4.69, 9.17) is 11.6 Å². The number of hydrogen-bond acceptors (Lipinski definition) is 4. The van der Waals surface area contributed by atoms with Gasteiger partial charge in [0.15, 0.2) is 0 Å². The predicted molar refractivity (Wildman–Crippen MR) is 83.5 cm³/mol. The number of carbonyl (C=O) groups is 1. The molecule has 0 spiro atoms. The van der Waals surface area contributed by atoms with Crippen molar-refractivity contribution < 1.29 is 9.90 Å². The summed E-state index contributed by atoms with van der Waals surface area (Å²) in [6, 6.07) is 6.90. The number of aromatic nitrogens is 2. The molecule has 1 aromatic carbocycles. The lowest BCUT2D eigenvalue weighted by atomic mass is 10.0. The highest BCUT2D eigenvalue weighted by molar-refractivity contribution is 6.31. The topological polar surface area (TPSA) is 66.3 Å². The van der Waals surface area contributed by atoms with E-state index in [-0.39, 0.29) is 11.7 Å². The number of likely N-dealkylation sites (tertiary alicyclic amines) is 1. The van der Waals surface area contributed by atoms with E-state index in [1.807, 2.05) is 13.0 Å². The van der Waals surface area contributed by atoms with Crippen molar-refractivity contribution in [3.8, 4) is 17.0 Å². The van der Waals surface area contributed by atoms with E-state index in [0.717, 1.165) is 24.2 Å². The first kappa shape index (κ1) is 14.8. The zero-order valence-corrected chi connectivity index (χ0v) is 13.0. The van der Waals surface area contributed by atoms with Crippen molar-refractivity contribution in [3.63, 3.8) is 0 Å². The lowest BCUT2D eigenvalue weighted by Gasteiger charge is -2.14. The van der Waals surface area contributed by atoms with E-state index in [1.165, 1.54) is 6.07 Å². The van der Waals surface area contributed by atoms with Crippen molar-refractivity contribution in [2.45, 2.75) is 26.3 Å². The third-order valence-corrected chi connectivity index (χ3v) is 4.00. The molecule has 1 aliphatic rings. The summed E-state index contributed by atoms with van der Waals surface area (Å²) in [5.41, 5.74) is 2.79. The molecule has 1 amide bonds. The van der Waals surface area contributed by atoms with Crippen molar-refractivity contribution in [2.24, 2.45) is 0 Å². The number of aryl methyl sites for hydroxylation is 1. The van der Waals surface area contributed by atoms with E-state index in [0.29, 0.717) is 29.2 Å². The number of hydrogen-bond donors (Lipinski definition) is 1. The third-order valence-electron chi connectivity index (χ3n) is 3.78. The first-order valence-corrected chi connectivity index (χ1v) is 7.52. The van der Waals surface area contributed by atoms with Crippen LogP contribution in [0.1, 0.15) is 24.1 Å². The molecule has 0 aliphatic carbocycles. The van der Waals surface area contributed by atoms with Crippen LogP contribution in [-0.2, 0) is 11.3 Å². The highest BCUT2D eigenvalue weighted by atomic mass is 35.5. The van der Waals surface area contributed by atoms with Gasteiger partial charge in [-0.25, -0.2) is 0 Å². The maximum atomic E-state index is 11.6. The Bertz CT molecular complexity index is 693. The smallest absolute Gasteiger partial charge is 0.222 e. The van der Waals surface area contributed by atoms with Crippen LogP contribution < -0.4 is 0 Å². The van der Waals surface area contributed by atoms with E-state index in [2.05, 4.69) is 10.2 Å². The molecule has 22 heavy (non-hydrogen) atoms. The molecule has 114 valence electrons. The Hall–Kier alpha value is -2.14. The molecule has 1 fully saturated rings. The molecule has 1 aromatic heterocycles. The summed E-state index contributed by atoms with van der Waals surface area (Å²) < 4.78 is 0. The van der Waals surface area contributed by atoms with Gasteiger partial charge in [-0.05, 0) is 43.2 Å². The number of carbonyl (C=O) groups excluding carboxylic acids is 1. The highest BCUT2D eigenvalue weighted by Gasteiger charge is 2.20. The fraction of sp³-hybridized carbons (Fsp3) is 0.312. The van der Waals surface area contributed by atoms with Crippen LogP contribution in [0.4, 0.5) is 0 Å². The van der Waals surface area contributed by atoms with Gasteiger partial charge in [0.25, 0.3) is 0 Å². The number of phenolic OH excluding ortho intramolecular Hbond substituents is 1. The highest BCUT2D eigenvalue weighted by Crippen LogP contribution is 2.33. The maximum Gasteiger partial charge on any atom is 0.222 e. The number of aromatic hydroxyl groups is 1. The second kappa shape index (κ2) is 5.93. The normalized spacial score (nSPS) is 14.6. The minimum Gasteiger partial charge on any atom is -0.507 e. The fourth-order valence-corrected chi connectivity index (χ4v) is 2.97. The summed E-state index contributed by atoms with van der Waals surface area (Å²) >= 11 is 5.91. The standard InChI is InChI=1S/C16H16ClN3O2/c1-10-7-11(17)8-14(21)16(10)13-5-4-12(18-19-13)9-20-6-2-3-15(20)22/h4-5,7-8,21H,2-3,6,9H2,1H3. The van der Waals surface area contributed by atoms with Crippen LogP contribution in [0.15, 0.2) is 24.3 Å². The molecule has 2 aromatic rings. The lowest BCUT2D eigenvalue weighted by Crippen LogP contribution is -2.24. The van der Waals surface area contributed by atoms with Crippen LogP contribution in [0.5, 0.6) is 5.75 Å². The molecule has 0 atom stereocenters. The number of benzene rings is 1. The van der Waals surface area contributed by atoms with Crippen LogP contribution >= 0.6 is 11.6 Å². The van der Waals surface area contributed by atoms with Crippen LogP contribution in [-0.4, -0.2) is 32.7 Å². The average Bonchev–Trinajstić information content (AvgIpc) is 2.85. The van der Waals surface area contributed by atoms with Crippen molar-refractivity contribution in [1.29, 1.82) is 0 Å². The summed E-state index contributed by atoms with van der Waals surface area (Å²) in [4.78, 5) is 13.4. The van der Waals surface area contributed by atoms with Crippen molar-refractivity contribution in [1.82, 2.24) is 15.1 Å². The van der Waals surface area contributed by atoms with Crippen LogP contribution in [0, 0.1) is 6.92 Å². The van der Waals surface area contributed by atoms with Crippen molar-refractivity contribution in [2.75, 3.05) is 6.54 Å². The molecule has 3 rings (SSSR count). The average molecular weight is 318 g/mol. The summed E-state index contributed by atoms with van der Waals surface area (Å²) in [7, 11) is 0. The molecule has 0 radical (unpaired) electrons. The Morgan fingerprint density at radius 1 is 1.32 bits per heavy atom. The van der Waals surface area contributed by atoms with Gasteiger partial charge in [0, 0.05) is 23.6 Å². The van der Waals surface area contributed by atoms with Crippen molar-refractivity contribution in [3.05, 3.63) is 40.5 Å². The molecular formula is C16H16ClN3O2. The molecular weight excluding hydrogens is 302 g/mol. The summed E-state index contributed by atoms with van der Waals surface area (Å²) in [5, 5.41) is 18.9. The molecule has 1 N–H and O–H groups in total. The largest absolute Gasteiger partial charge is 0.507 e. The fourth-order valence-electron chi connectivity index (χ4n) is 2.70. The third kappa shape index (κ3) is 2.90. The summed E-state index contributed by atoms with van der Waals surface area (Å²) in [6.07, 6.45) is 1.52. The van der Waals surface area contributed by atoms with E-state index >= 15 is 0 Å². The van der Waals surface area contributed by atoms with E-state index < -0.39 is 0 Å². The minimum atomic E-state index is 0.0850. The molecule has 6 heteroatoms. The van der Waals surface area contributed by atoms with Crippen LogP contribution in [0.3, 0.4) is 0 Å². The number of phenols is 1. The summed E-state index contributed by atoms with van der Waals surface area (Å²) in [6.45, 7) is 3.12. The van der Waals surface area contributed by atoms with Gasteiger partial charge in [-0.1, -0.05) is 11.6 Å². The monoisotopic (exact) mass is 317 g/mol. The summed E-state index contributed by atoms with van der Waals surface area (Å²) in [5.74, 6) is 0.249. The maximum absolute atomic E-state index is 11.6. The quantitative estimate of drug-likeness (QED) is 0.945. The molecule has 5 nitrogen and oxygen atoms in total. The zero-order valence-electron chi connectivity index (χ0n) is 12.2. The lowest BCUT2D eigenvalue weighted by molar-refractivity contribution is -0.128. The molecule has 1 saturated heterocycles. The van der Waals surface area contributed by atoms with Gasteiger partial charge in [-0.2, -0.15) is 10.2 Å². The van der Waals surface area contributed by atoms with Gasteiger partial charge in [-0.15, -0.1) is 0 Å². The van der Waals surface area contributed by atoms with Gasteiger partial charge in [0.1, 0.15) is 5.75 Å². The number of nitrogens with zero attached hydrogens (tertiary/aromatic N) is 3. The van der Waals surface area contributed by atoms with Gasteiger partial charge >= 0.3 is 0 Å².